The fourth-order valence-corrected chi connectivity index (χ4v) is 1.26. The first kappa shape index (κ1) is 8.68. The number of hydrogen-bond donors (Lipinski definition) is 0. The number of pyridine rings is 1. The first-order valence-electron chi connectivity index (χ1n) is 4.18. The van der Waals surface area contributed by atoms with E-state index in [-0.39, 0.29) is 0 Å². The number of aromatic nitrogens is 1. The molecule has 0 spiro atoms. The number of carbonyl (C=O) groups excluding carboxylic acids is 2. The van der Waals surface area contributed by atoms with Crippen LogP contribution in [-0.4, -0.2) is 30.5 Å². The van der Waals surface area contributed by atoms with E-state index in [0.29, 0.717) is 30.9 Å². The lowest BCUT2D eigenvalue weighted by Gasteiger charge is -2.10. The topological polar surface area (TPSA) is 59.5 Å². The second kappa shape index (κ2) is 3.45. The molecule has 0 aliphatic carbocycles. The molecule has 0 aromatic carbocycles. The molecule has 72 valence electrons. The molecule has 0 radical (unpaired) electrons. The first-order chi connectivity index (χ1) is 6.81. The standard InChI is InChI=1S/C9H8N2O3/c12-6-7-2-1-3-8(10-7)11-4-5-14-9(11)13/h1-3,6H,4-5H2. The van der Waals surface area contributed by atoms with E-state index in [1.165, 1.54) is 4.90 Å². The third-order valence-electron chi connectivity index (χ3n) is 1.91. The molecule has 1 aromatic heterocycles. The van der Waals surface area contributed by atoms with Crippen molar-refractivity contribution in [2.45, 2.75) is 0 Å². The summed E-state index contributed by atoms with van der Waals surface area (Å²) < 4.78 is 4.75. The summed E-state index contributed by atoms with van der Waals surface area (Å²) in [7, 11) is 0. The number of nitrogens with zero attached hydrogens (tertiary/aromatic N) is 2. The molecule has 0 saturated carbocycles. The Labute approximate surface area is 80.3 Å². The molecule has 5 heteroatoms. The second-order valence-corrected chi connectivity index (χ2v) is 2.80. The Bertz CT molecular complexity index is 378. The van der Waals surface area contributed by atoms with Gasteiger partial charge in [0.15, 0.2) is 6.29 Å². The fraction of sp³-hybridized carbons (Fsp3) is 0.222. The van der Waals surface area contributed by atoms with Crippen molar-refractivity contribution in [3.05, 3.63) is 23.9 Å². The molecule has 0 bridgehead atoms. The van der Waals surface area contributed by atoms with E-state index in [1.54, 1.807) is 18.2 Å². The Balaban J connectivity index is 2.31. The summed E-state index contributed by atoms with van der Waals surface area (Å²) >= 11 is 0. The quantitative estimate of drug-likeness (QED) is 0.652. The monoisotopic (exact) mass is 192 g/mol. The van der Waals surface area contributed by atoms with Crippen molar-refractivity contribution in [3.63, 3.8) is 0 Å². The lowest BCUT2D eigenvalue weighted by molar-refractivity contribution is 0.111. The van der Waals surface area contributed by atoms with Crippen LogP contribution in [0.25, 0.3) is 0 Å². The normalized spacial score (nSPS) is 15.4. The molecule has 1 aliphatic heterocycles. The lowest BCUT2D eigenvalue weighted by Crippen LogP contribution is -2.24. The number of hydrogen-bond acceptors (Lipinski definition) is 4. The summed E-state index contributed by atoms with van der Waals surface area (Å²) in [6, 6.07) is 4.93. The molecule has 0 atom stereocenters. The van der Waals surface area contributed by atoms with Crippen LogP contribution in [0.4, 0.5) is 10.6 Å². The van der Waals surface area contributed by atoms with Crippen LogP contribution in [0, 0.1) is 0 Å². The van der Waals surface area contributed by atoms with Crippen molar-refractivity contribution in [3.8, 4) is 0 Å². The van der Waals surface area contributed by atoms with Gasteiger partial charge >= 0.3 is 6.09 Å². The zero-order valence-corrected chi connectivity index (χ0v) is 7.34. The lowest BCUT2D eigenvalue weighted by atomic mass is 10.3. The highest BCUT2D eigenvalue weighted by atomic mass is 16.6. The van der Waals surface area contributed by atoms with E-state index < -0.39 is 6.09 Å². The summed E-state index contributed by atoms with van der Waals surface area (Å²) in [4.78, 5) is 27.0. The predicted molar refractivity (Wildman–Crippen MR) is 48.3 cm³/mol. The molecule has 14 heavy (non-hydrogen) atoms. The number of anilines is 1. The van der Waals surface area contributed by atoms with Gasteiger partial charge in [-0.15, -0.1) is 0 Å². The van der Waals surface area contributed by atoms with Crippen molar-refractivity contribution in [2.24, 2.45) is 0 Å². The smallest absolute Gasteiger partial charge is 0.415 e. The zero-order valence-electron chi connectivity index (χ0n) is 7.34. The highest BCUT2D eigenvalue weighted by Gasteiger charge is 2.24. The number of aldehydes is 1. The summed E-state index contributed by atoms with van der Waals surface area (Å²) in [6.45, 7) is 0.847. The third-order valence-corrected chi connectivity index (χ3v) is 1.91. The van der Waals surface area contributed by atoms with Crippen LogP contribution in [0.5, 0.6) is 0 Å². The average molecular weight is 192 g/mol. The highest BCUT2D eigenvalue weighted by Crippen LogP contribution is 2.15. The van der Waals surface area contributed by atoms with E-state index in [0.717, 1.165) is 0 Å². The molecular weight excluding hydrogens is 184 g/mol. The van der Waals surface area contributed by atoms with Crippen molar-refractivity contribution in [1.29, 1.82) is 0 Å². The van der Waals surface area contributed by atoms with Gasteiger partial charge in [0.1, 0.15) is 18.1 Å². The number of rotatable bonds is 2. The molecule has 0 N–H and O–H groups in total. The molecule has 1 fully saturated rings. The number of ether oxygens (including phenoxy) is 1. The van der Waals surface area contributed by atoms with Crippen molar-refractivity contribution < 1.29 is 14.3 Å². The summed E-state index contributed by atoms with van der Waals surface area (Å²) in [5.41, 5.74) is 0.308. The summed E-state index contributed by atoms with van der Waals surface area (Å²) in [5, 5.41) is 0. The number of carbonyl (C=O) groups is 2. The van der Waals surface area contributed by atoms with Gasteiger partial charge in [-0.1, -0.05) is 6.07 Å². The average Bonchev–Trinajstić information content (AvgIpc) is 2.65. The van der Waals surface area contributed by atoms with Crippen LogP contribution in [0.15, 0.2) is 18.2 Å². The van der Waals surface area contributed by atoms with Crippen LogP contribution in [-0.2, 0) is 4.74 Å². The maximum atomic E-state index is 11.1. The molecule has 0 unspecified atom stereocenters. The van der Waals surface area contributed by atoms with E-state index in [9.17, 15) is 9.59 Å². The molecule has 1 amide bonds. The van der Waals surface area contributed by atoms with Crippen LogP contribution in [0.2, 0.25) is 0 Å². The van der Waals surface area contributed by atoms with Crippen LogP contribution in [0.3, 0.4) is 0 Å². The van der Waals surface area contributed by atoms with Gasteiger partial charge in [-0.05, 0) is 12.1 Å². The zero-order chi connectivity index (χ0) is 9.97. The van der Waals surface area contributed by atoms with Crippen molar-refractivity contribution >= 4 is 18.2 Å². The first-order valence-corrected chi connectivity index (χ1v) is 4.18. The summed E-state index contributed by atoms with van der Waals surface area (Å²) in [5.74, 6) is 0.456. The molecule has 5 nitrogen and oxygen atoms in total. The van der Waals surface area contributed by atoms with Gasteiger partial charge in [0.05, 0.1) is 6.54 Å². The van der Waals surface area contributed by atoms with Crippen molar-refractivity contribution in [2.75, 3.05) is 18.1 Å². The Morgan fingerprint density at radius 2 is 2.36 bits per heavy atom. The van der Waals surface area contributed by atoms with Gasteiger partial charge in [0.2, 0.25) is 0 Å². The molecular formula is C9H8N2O3. The van der Waals surface area contributed by atoms with Gasteiger partial charge < -0.3 is 4.74 Å². The van der Waals surface area contributed by atoms with E-state index in [2.05, 4.69) is 4.98 Å². The van der Waals surface area contributed by atoms with E-state index in [4.69, 9.17) is 4.74 Å². The number of cyclic esters (lactones) is 1. The fourth-order valence-electron chi connectivity index (χ4n) is 1.26. The van der Waals surface area contributed by atoms with Gasteiger partial charge in [-0.25, -0.2) is 9.78 Å². The number of amides is 1. The molecule has 1 aromatic rings. The summed E-state index contributed by atoms with van der Waals surface area (Å²) in [6.07, 6.45) is 0.228. The van der Waals surface area contributed by atoms with Gasteiger partial charge in [-0.2, -0.15) is 0 Å². The van der Waals surface area contributed by atoms with Crippen LogP contribution < -0.4 is 4.90 Å². The molecule has 1 aliphatic rings. The Morgan fingerprint density at radius 1 is 1.50 bits per heavy atom. The SMILES string of the molecule is O=Cc1cccc(N2CCOC2=O)n1. The van der Waals surface area contributed by atoms with E-state index >= 15 is 0 Å². The Hall–Kier alpha value is -1.91. The Kier molecular flexibility index (Phi) is 2.14. The maximum Gasteiger partial charge on any atom is 0.415 e. The van der Waals surface area contributed by atoms with Crippen molar-refractivity contribution in [1.82, 2.24) is 4.98 Å². The molecule has 1 saturated heterocycles. The van der Waals surface area contributed by atoms with Crippen LogP contribution >= 0.6 is 0 Å². The Morgan fingerprint density at radius 3 is 3.00 bits per heavy atom. The predicted octanol–water partition coefficient (Wildman–Crippen LogP) is 0.851. The minimum Gasteiger partial charge on any atom is -0.447 e. The minimum atomic E-state index is -0.416. The van der Waals surface area contributed by atoms with Gasteiger partial charge in [-0.3, -0.25) is 9.69 Å². The highest BCUT2D eigenvalue weighted by molar-refractivity contribution is 5.88. The van der Waals surface area contributed by atoms with E-state index in [1.807, 2.05) is 0 Å². The van der Waals surface area contributed by atoms with Gasteiger partial charge in [0, 0.05) is 0 Å². The molecule has 2 heterocycles. The minimum absolute atomic E-state index is 0.308. The molecule has 2 rings (SSSR count). The maximum absolute atomic E-state index is 11.1. The van der Waals surface area contributed by atoms with Crippen LogP contribution in [0.1, 0.15) is 10.5 Å². The second-order valence-electron chi connectivity index (χ2n) is 2.80. The largest absolute Gasteiger partial charge is 0.447 e. The third kappa shape index (κ3) is 1.44. The van der Waals surface area contributed by atoms with Gasteiger partial charge in [0.25, 0.3) is 0 Å².